The van der Waals surface area contributed by atoms with Gasteiger partial charge in [-0.15, -0.1) is 0 Å². The summed E-state index contributed by atoms with van der Waals surface area (Å²) in [7, 11) is 0. The van der Waals surface area contributed by atoms with Gasteiger partial charge < -0.3 is 14.6 Å². The SMILES string of the molecule is CCC1(CC)CCN(CCNCc2ccoc2)CC1. The maximum atomic E-state index is 5.06. The second-order valence-electron chi connectivity index (χ2n) is 5.86. The van der Waals surface area contributed by atoms with E-state index in [9.17, 15) is 0 Å². The van der Waals surface area contributed by atoms with Crippen LogP contribution in [0.3, 0.4) is 0 Å². The van der Waals surface area contributed by atoms with E-state index in [0.29, 0.717) is 5.41 Å². The average Bonchev–Trinajstić information content (AvgIpc) is 2.98. The summed E-state index contributed by atoms with van der Waals surface area (Å²) in [5.41, 5.74) is 1.87. The van der Waals surface area contributed by atoms with Crippen LogP contribution in [0.5, 0.6) is 0 Å². The van der Waals surface area contributed by atoms with Crippen molar-refractivity contribution in [3.8, 4) is 0 Å². The van der Waals surface area contributed by atoms with Gasteiger partial charge in [0.1, 0.15) is 0 Å². The average molecular weight is 264 g/mol. The van der Waals surface area contributed by atoms with E-state index in [1.807, 2.05) is 12.3 Å². The molecule has 3 nitrogen and oxygen atoms in total. The van der Waals surface area contributed by atoms with Crippen LogP contribution in [0, 0.1) is 5.41 Å². The van der Waals surface area contributed by atoms with Gasteiger partial charge in [-0.05, 0) is 37.4 Å². The summed E-state index contributed by atoms with van der Waals surface area (Å²) in [6.07, 6.45) is 8.98. The Labute approximate surface area is 117 Å². The lowest BCUT2D eigenvalue weighted by atomic mass is 9.74. The number of rotatable bonds is 7. The van der Waals surface area contributed by atoms with Gasteiger partial charge in [0.05, 0.1) is 12.5 Å². The number of piperidine rings is 1. The van der Waals surface area contributed by atoms with Crippen molar-refractivity contribution in [1.82, 2.24) is 10.2 Å². The Morgan fingerprint density at radius 1 is 1.26 bits per heavy atom. The van der Waals surface area contributed by atoms with Crippen molar-refractivity contribution in [2.45, 2.75) is 46.1 Å². The molecule has 0 saturated carbocycles. The summed E-state index contributed by atoms with van der Waals surface area (Å²) in [6.45, 7) is 10.4. The Balaban J connectivity index is 1.60. The third-order valence-corrected chi connectivity index (χ3v) is 4.93. The van der Waals surface area contributed by atoms with Crippen LogP contribution < -0.4 is 5.32 Å². The minimum absolute atomic E-state index is 0.640. The second-order valence-corrected chi connectivity index (χ2v) is 5.86. The van der Waals surface area contributed by atoms with Crippen molar-refractivity contribution in [1.29, 1.82) is 0 Å². The number of furan rings is 1. The third-order valence-electron chi connectivity index (χ3n) is 4.93. The Kier molecular flexibility index (Phi) is 5.46. The van der Waals surface area contributed by atoms with E-state index < -0.39 is 0 Å². The highest BCUT2D eigenvalue weighted by atomic mass is 16.3. The predicted octanol–water partition coefficient (Wildman–Crippen LogP) is 3.27. The van der Waals surface area contributed by atoms with Crippen LogP contribution in [0.1, 0.15) is 45.1 Å². The lowest BCUT2D eigenvalue weighted by Crippen LogP contribution is -2.42. The number of likely N-dealkylation sites (tertiary alicyclic amines) is 1. The monoisotopic (exact) mass is 264 g/mol. The zero-order chi connectivity index (χ0) is 13.6. The van der Waals surface area contributed by atoms with Crippen LogP contribution in [-0.2, 0) is 6.54 Å². The number of hydrogen-bond donors (Lipinski definition) is 1. The first-order valence-corrected chi connectivity index (χ1v) is 7.72. The molecule has 0 aromatic carbocycles. The largest absolute Gasteiger partial charge is 0.472 e. The summed E-state index contributed by atoms with van der Waals surface area (Å²) in [5.74, 6) is 0. The Morgan fingerprint density at radius 2 is 2.00 bits per heavy atom. The Morgan fingerprint density at radius 3 is 2.58 bits per heavy atom. The molecule has 0 bridgehead atoms. The molecule has 2 heterocycles. The van der Waals surface area contributed by atoms with Crippen LogP contribution >= 0.6 is 0 Å². The summed E-state index contributed by atoms with van der Waals surface area (Å²) >= 11 is 0. The van der Waals surface area contributed by atoms with Crippen LogP contribution in [0.25, 0.3) is 0 Å². The van der Waals surface area contributed by atoms with Gasteiger partial charge in [0.15, 0.2) is 0 Å². The van der Waals surface area contributed by atoms with Crippen LogP contribution in [0.2, 0.25) is 0 Å². The molecule has 0 atom stereocenters. The molecule has 1 aliphatic rings. The summed E-state index contributed by atoms with van der Waals surface area (Å²) in [5, 5.41) is 3.48. The van der Waals surface area contributed by atoms with Crippen molar-refractivity contribution in [2.24, 2.45) is 5.41 Å². The topological polar surface area (TPSA) is 28.4 Å². The third kappa shape index (κ3) is 4.08. The molecule has 1 fully saturated rings. The summed E-state index contributed by atoms with van der Waals surface area (Å²) < 4.78 is 5.06. The van der Waals surface area contributed by atoms with E-state index in [1.54, 1.807) is 6.26 Å². The highest BCUT2D eigenvalue weighted by Crippen LogP contribution is 2.37. The van der Waals surface area contributed by atoms with E-state index in [0.717, 1.165) is 13.1 Å². The number of nitrogens with zero attached hydrogens (tertiary/aromatic N) is 1. The van der Waals surface area contributed by atoms with Gasteiger partial charge in [-0.2, -0.15) is 0 Å². The smallest absolute Gasteiger partial charge is 0.0947 e. The highest BCUT2D eigenvalue weighted by Gasteiger charge is 2.30. The zero-order valence-corrected chi connectivity index (χ0v) is 12.5. The van der Waals surface area contributed by atoms with Crippen LogP contribution in [-0.4, -0.2) is 31.1 Å². The Hall–Kier alpha value is -0.800. The van der Waals surface area contributed by atoms with Gasteiger partial charge >= 0.3 is 0 Å². The fraction of sp³-hybridized carbons (Fsp3) is 0.750. The quantitative estimate of drug-likeness (QED) is 0.766. The van der Waals surface area contributed by atoms with Crippen molar-refractivity contribution in [3.05, 3.63) is 24.2 Å². The molecule has 1 N–H and O–H groups in total. The molecule has 1 saturated heterocycles. The zero-order valence-electron chi connectivity index (χ0n) is 12.5. The van der Waals surface area contributed by atoms with Gasteiger partial charge in [0.25, 0.3) is 0 Å². The molecule has 2 rings (SSSR count). The van der Waals surface area contributed by atoms with Crippen molar-refractivity contribution in [2.75, 3.05) is 26.2 Å². The van der Waals surface area contributed by atoms with Gasteiger partial charge in [-0.3, -0.25) is 0 Å². The first kappa shape index (κ1) is 14.6. The van der Waals surface area contributed by atoms with Crippen molar-refractivity contribution < 1.29 is 4.42 Å². The van der Waals surface area contributed by atoms with E-state index in [2.05, 4.69) is 24.1 Å². The predicted molar refractivity (Wildman–Crippen MR) is 79.1 cm³/mol. The van der Waals surface area contributed by atoms with E-state index >= 15 is 0 Å². The van der Waals surface area contributed by atoms with E-state index in [1.165, 1.54) is 50.9 Å². The highest BCUT2D eigenvalue weighted by molar-refractivity contribution is 5.04. The maximum Gasteiger partial charge on any atom is 0.0947 e. The molecule has 1 aromatic rings. The molecule has 1 aromatic heterocycles. The fourth-order valence-electron chi connectivity index (χ4n) is 3.07. The minimum Gasteiger partial charge on any atom is -0.472 e. The molecule has 0 spiro atoms. The molecule has 3 heteroatoms. The molecular formula is C16H28N2O. The van der Waals surface area contributed by atoms with Gasteiger partial charge in [0, 0.05) is 25.2 Å². The van der Waals surface area contributed by atoms with E-state index in [-0.39, 0.29) is 0 Å². The van der Waals surface area contributed by atoms with Crippen LogP contribution in [0.4, 0.5) is 0 Å². The first-order valence-electron chi connectivity index (χ1n) is 7.72. The molecule has 0 amide bonds. The van der Waals surface area contributed by atoms with E-state index in [4.69, 9.17) is 4.42 Å². The molecule has 0 radical (unpaired) electrons. The summed E-state index contributed by atoms with van der Waals surface area (Å²) in [6, 6.07) is 2.02. The molecule has 1 aliphatic heterocycles. The normalized spacial score (nSPS) is 19.7. The van der Waals surface area contributed by atoms with Crippen molar-refractivity contribution in [3.63, 3.8) is 0 Å². The van der Waals surface area contributed by atoms with Crippen molar-refractivity contribution >= 4 is 0 Å². The minimum atomic E-state index is 0.640. The lowest BCUT2D eigenvalue weighted by molar-refractivity contribution is 0.0960. The first-order chi connectivity index (χ1) is 9.28. The lowest BCUT2D eigenvalue weighted by Gasteiger charge is -2.41. The van der Waals surface area contributed by atoms with Gasteiger partial charge in [-0.25, -0.2) is 0 Å². The molecule has 0 aliphatic carbocycles. The summed E-state index contributed by atoms with van der Waals surface area (Å²) in [4.78, 5) is 2.60. The fourth-order valence-corrected chi connectivity index (χ4v) is 3.07. The molecular weight excluding hydrogens is 236 g/mol. The van der Waals surface area contributed by atoms with Gasteiger partial charge in [-0.1, -0.05) is 26.7 Å². The molecule has 108 valence electrons. The molecule has 0 unspecified atom stereocenters. The standard InChI is InChI=1S/C16H28N2O/c1-3-16(4-2)6-9-18(10-7-16)11-8-17-13-15-5-12-19-14-15/h5,12,14,17H,3-4,6-11,13H2,1-2H3. The van der Waals surface area contributed by atoms with Crippen LogP contribution in [0.15, 0.2) is 23.0 Å². The Bertz CT molecular complexity index is 334. The maximum absolute atomic E-state index is 5.06. The number of nitrogens with one attached hydrogen (secondary N) is 1. The van der Waals surface area contributed by atoms with Gasteiger partial charge in [0.2, 0.25) is 0 Å². The number of hydrogen-bond acceptors (Lipinski definition) is 3. The second kappa shape index (κ2) is 7.11. The molecule has 19 heavy (non-hydrogen) atoms.